The van der Waals surface area contributed by atoms with Crippen LogP contribution >= 0.6 is 11.3 Å². The second-order valence-electron chi connectivity index (χ2n) is 7.45. The smallest absolute Gasteiger partial charge is 0.264 e. The number of aryl methyl sites for hydroxylation is 1. The Kier molecular flexibility index (Phi) is 4.63. The summed E-state index contributed by atoms with van der Waals surface area (Å²) in [5.74, 6) is 0.0679. The lowest BCUT2D eigenvalue weighted by Gasteiger charge is -2.42. The van der Waals surface area contributed by atoms with Gasteiger partial charge in [0.15, 0.2) is 0 Å². The van der Waals surface area contributed by atoms with Gasteiger partial charge in [-0.25, -0.2) is 0 Å². The molecule has 2 aromatic rings. The van der Waals surface area contributed by atoms with E-state index in [1.165, 1.54) is 0 Å². The Balaban J connectivity index is 1.62. The molecule has 1 N–H and O–H groups in total. The van der Waals surface area contributed by atoms with Crippen LogP contribution in [0.4, 0.5) is 0 Å². The zero-order valence-corrected chi connectivity index (χ0v) is 16.1. The highest BCUT2D eigenvalue weighted by atomic mass is 32.1. The molecule has 0 radical (unpaired) electrons. The van der Waals surface area contributed by atoms with Gasteiger partial charge in [0.1, 0.15) is 0 Å². The van der Waals surface area contributed by atoms with E-state index >= 15 is 0 Å². The van der Waals surface area contributed by atoms with Crippen molar-refractivity contribution in [2.24, 2.45) is 0 Å². The zero-order valence-electron chi connectivity index (χ0n) is 15.3. The Bertz CT molecular complexity index is 803. The van der Waals surface area contributed by atoms with Gasteiger partial charge >= 0.3 is 0 Å². The van der Waals surface area contributed by atoms with Gasteiger partial charge in [-0.3, -0.25) is 4.79 Å². The van der Waals surface area contributed by atoms with E-state index in [4.69, 9.17) is 4.74 Å². The molecule has 1 saturated heterocycles. The van der Waals surface area contributed by atoms with Crippen LogP contribution in [-0.2, 0) is 4.74 Å². The fourth-order valence-corrected chi connectivity index (χ4v) is 5.66. The lowest BCUT2D eigenvalue weighted by Crippen LogP contribution is -2.52. The molecular weight excluding hydrogens is 346 g/mol. The summed E-state index contributed by atoms with van der Waals surface area (Å²) in [6.07, 6.45) is 2.68. The third kappa shape index (κ3) is 2.88. The molecule has 1 saturated carbocycles. The van der Waals surface area contributed by atoms with Crippen LogP contribution in [0, 0.1) is 6.92 Å². The summed E-state index contributed by atoms with van der Waals surface area (Å²) in [5.41, 5.74) is 1.99. The first kappa shape index (κ1) is 17.7. The lowest BCUT2D eigenvalue weighted by molar-refractivity contribution is -0.0824. The summed E-state index contributed by atoms with van der Waals surface area (Å²) in [5, 5.41) is 10.1. The molecule has 1 aliphatic carbocycles. The number of nitrogens with zero attached hydrogens (tertiary/aromatic N) is 1. The van der Waals surface area contributed by atoms with Crippen molar-refractivity contribution >= 4 is 17.2 Å². The second-order valence-corrected chi connectivity index (χ2v) is 8.50. The van der Waals surface area contributed by atoms with Gasteiger partial charge in [-0.1, -0.05) is 30.3 Å². The van der Waals surface area contributed by atoms with Crippen LogP contribution < -0.4 is 0 Å². The van der Waals surface area contributed by atoms with Gasteiger partial charge in [0, 0.05) is 18.5 Å². The third-order valence-corrected chi connectivity index (χ3v) is 7.26. The fraction of sp³-hybridized carbons (Fsp3) is 0.476. The summed E-state index contributed by atoms with van der Waals surface area (Å²) in [6, 6.07) is 12.2. The number of methoxy groups -OCH3 is 1. The molecule has 0 bridgehead atoms. The molecule has 4 rings (SSSR count). The largest absolute Gasteiger partial charge is 0.393 e. The van der Waals surface area contributed by atoms with Crippen LogP contribution in [0.1, 0.15) is 40.9 Å². The number of carbonyl (C=O) groups excluding carboxylic acids is 1. The van der Waals surface area contributed by atoms with E-state index in [9.17, 15) is 9.90 Å². The third-order valence-electron chi connectivity index (χ3n) is 5.99. The number of rotatable bonds is 3. The molecule has 1 aromatic carbocycles. The van der Waals surface area contributed by atoms with E-state index < -0.39 is 0 Å². The summed E-state index contributed by atoms with van der Waals surface area (Å²) in [4.78, 5) is 17.1. The average Bonchev–Trinajstić information content (AvgIpc) is 3.23. The first-order valence-corrected chi connectivity index (χ1v) is 10.1. The van der Waals surface area contributed by atoms with E-state index in [0.717, 1.165) is 40.1 Å². The first-order valence-electron chi connectivity index (χ1n) is 9.24. The molecular formula is C21H25NO3S. The molecule has 2 aliphatic rings. The van der Waals surface area contributed by atoms with Crippen LogP contribution in [0.2, 0.25) is 0 Å². The highest BCUT2D eigenvalue weighted by Gasteiger charge is 2.52. The lowest BCUT2D eigenvalue weighted by atomic mass is 9.79. The van der Waals surface area contributed by atoms with Crippen molar-refractivity contribution in [2.75, 3.05) is 13.7 Å². The maximum atomic E-state index is 13.3. The predicted octanol–water partition coefficient (Wildman–Crippen LogP) is 3.87. The maximum Gasteiger partial charge on any atom is 0.264 e. The molecule has 4 nitrogen and oxygen atoms in total. The van der Waals surface area contributed by atoms with E-state index in [0.29, 0.717) is 13.0 Å². The van der Waals surface area contributed by atoms with Crippen molar-refractivity contribution < 1.29 is 14.6 Å². The first-order chi connectivity index (χ1) is 12.5. The van der Waals surface area contributed by atoms with E-state index in [-0.39, 0.29) is 23.7 Å². The summed E-state index contributed by atoms with van der Waals surface area (Å²) in [6.45, 7) is 2.76. The number of ether oxygens (including phenoxy) is 1. The molecule has 2 heterocycles. The highest BCUT2D eigenvalue weighted by Crippen LogP contribution is 2.43. The van der Waals surface area contributed by atoms with Crippen LogP contribution in [0.5, 0.6) is 0 Å². The number of fused-ring (bicyclic) bond motifs is 1. The Morgan fingerprint density at radius 2 is 2.08 bits per heavy atom. The molecule has 1 aliphatic heterocycles. The molecule has 0 unspecified atom stereocenters. The molecule has 2 fully saturated rings. The normalized spacial score (nSPS) is 28.2. The number of hydrogen-bond donors (Lipinski definition) is 1. The van der Waals surface area contributed by atoms with Crippen LogP contribution in [0.3, 0.4) is 0 Å². The molecule has 5 heteroatoms. The standard InChI is InChI=1S/C21H25NO3S/c1-14-12-17(26-19(14)15-6-4-3-5-7-15)20(24)22-11-10-21(25-2)9-8-16(23)13-18(21)22/h3-7,12,16,18,23H,8-11,13H2,1-2H3/t16-,18-,21+/m0/s1. The van der Waals surface area contributed by atoms with Crippen LogP contribution in [0.25, 0.3) is 10.4 Å². The number of aliphatic hydroxyl groups excluding tert-OH is 1. The minimum absolute atomic E-state index is 0.0358. The van der Waals surface area contributed by atoms with Crippen molar-refractivity contribution in [1.29, 1.82) is 0 Å². The number of amides is 1. The van der Waals surface area contributed by atoms with Crippen molar-refractivity contribution in [3.05, 3.63) is 46.8 Å². The van der Waals surface area contributed by atoms with E-state index in [2.05, 4.69) is 19.1 Å². The summed E-state index contributed by atoms with van der Waals surface area (Å²) in [7, 11) is 1.74. The molecule has 3 atom stereocenters. The zero-order chi connectivity index (χ0) is 18.3. The Morgan fingerprint density at radius 3 is 2.81 bits per heavy atom. The predicted molar refractivity (Wildman–Crippen MR) is 104 cm³/mol. The number of benzene rings is 1. The van der Waals surface area contributed by atoms with Gasteiger partial charge in [-0.15, -0.1) is 11.3 Å². The molecule has 0 spiro atoms. The molecule has 138 valence electrons. The van der Waals surface area contributed by atoms with Crippen molar-refractivity contribution in [3.63, 3.8) is 0 Å². The van der Waals surface area contributed by atoms with Gasteiger partial charge in [-0.2, -0.15) is 0 Å². The van der Waals surface area contributed by atoms with Gasteiger partial charge in [-0.05, 0) is 49.8 Å². The van der Waals surface area contributed by atoms with Crippen LogP contribution in [-0.4, -0.2) is 47.3 Å². The summed E-state index contributed by atoms with van der Waals surface area (Å²) >= 11 is 1.56. The second kappa shape index (κ2) is 6.80. The van der Waals surface area contributed by atoms with Crippen molar-refractivity contribution in [1.82, 2.24) is 4.90 Å². The molecule has 26 heavy (non-hydrogen) atoms. The number of thiophene rings is 1. The Morgan fingerprint density at radius 1 is 1.31 bits per heavy atom. The van der Waals surface area contributed by atoms with Gasteiger partial charge in [0.05, 0.1) is 22.6 Å². The number of likely N-dealkylation sites (tertiary alicyclic amines) is 1. The van der Waals surface area contributed by atoms with E-state index in [1.54, 1.807) is 18.4 Å². The fourth-order valence-electron chi connectivity index (χ4n) is 4.52. The van der Waals surface area contributed by atoms with Gasteiger partial charge < -0.3 is 14.7 Å². The van der Waals surface area contributed by atoms with Crippen molar-refractivity contribution in [2.45, 2.75) is 50.4 Å². The molecule has 1 aromatic heterocycles. The van der Waals surface area contributed by atoms with Crippen LogP contribution in [0.15, 0.2) is 36.4 Å². The van der Waals surface area contributed by atoms with Gasteiger partial charge in [0.2, 0.25) is 0 Å². The highest BCUT2D eigenvalue weighted by molar-refractivity contribution is 7.17. The minimum Gasteiger partial charge on any atom is -0.393 e. The SMILES string of the molecule is CO[C@@]12CC[C@H](O)C[C@@H]1N(C(=O)c1cc(C)c(-c3ccccc3)s1)CC2. The summed E-state index contributed by atoms with van der Waals surface area (Å²) < 4.78 is 5.86. The average molecular weight is 372 g/mol. The minimum atomic E-state index is -0.346. The monoisotopic (exact) mass is 371 g/mol. The maximum absolute atomic E-state index is 13.3. The Labute approximate surface area is 158 Å². The van der Waals surface area contributed by atoms with E-state index in [1.807, 2.05) is 29.2 Å². The number of carbonyl (C=O) groups is 1. The number of hydrogen-bond acceptors (Lipinski definition) is 4. The quantitative estimate of drug-likeness (QED) is 0.891. The topological polar surface area (TPSA) is 49.8 Å². The number of aliphatic hydroxyl groups is 1. The Hall–Kier alpha value is -1.69. The van der Waals surface area contributed by atoms with Gasteiger partial charge in [0.25, 0.3) is 5.91 Å². The molecule has 1 amide bonds. The van der Waals surface area contributed by atoms with Crippen molar-refractivity contribution in [3.8, 4) is 10.4 Å².